The molecule has 4 rings (SSSR count). The van der Waals surface area contributed by atoms with E-state index in [9.17, 15) is 14.7 Å². The Hall–Kier alpha value is -3.54. The first-order valence-electron chi connectivity index (χ1n) is 9.41. The van der Waals surface area contributed by atoms with Gasteiger partial charge in [0, 0.05) is 6.54 Å². The summed E-state index contributed by atoms with van der Waals surface area (Å²) in [6.45, 7) is 8.08. The minimum Gasteiger partial charge on any atom is -0.504 e. The minimum atomic E-state index is -0.682. The summed E-state index contributed by atoms with van der Waals surface area (Å²) in [6.07, 6.45) is 1.60. The van der Waals surface area contributed by atoms with Crippen molar-refractivity contribution in [3.63, 3.8) is 0 Å². The highest BCUT2D eigenvalue weighted by Gasteiger charge is 2.42. The van der Waals surface area contributed by atoms with Crippen molar-refractivity contribution >= 4 is 16.9 Å². The lowest BCUT2D eigenvalue weighted by molar-refractivity contribution is 0.0748. The zero-order chi connectivity index (χ0) is 20.7. The van der Waals surface area contributed by atoms with Crippen molar-refractivity contribution in [3.8, 4) is 11.5 Å². The van der Waals surface area contributed by atoms with Gasteiger partial charge in [0.1, 0.15) is 5.58 Å². The van der Waals surface area contributed by atoms with E-state index in [-0.39, 0.29) is 35.0 Å². The predicted molar refractivity (Wildman–Crippen MR) is 110 cm³/mol. The molecule has 1 aromatic heterocycles. The van der Waals surface area contributed by atoms with Gasteiger partial charge in [0.15, 0.2) is 16.9 Å². The molecule has 2 aromatic carbocycles. The zero-order valence-corrected chi connectivity index (χ0v) is 16.3. The fourth-order valence-electron chi connectivity index (χ4n) is 3.79. The van der Waals surface area contributed by atoms with Gasteiger partial charge in [-0.25, -0.2) is 0 Å². The molecule has 0 spiro atoms. The van der Waals surface area contributed by atoms with Crippen LogP contribution < -0.4 is 10.2 Å². The van der Waals surface area contributed by atoms with Crippen LogP contribution in [0.15, 0.2) is 58.3 Å². The van der Waals surface area contributed by atoms with Crippen molar-refractivity contribution in [2.75, 3.05) is 13.2 Å². The Balaban J connectivity index is 1.96. The van der Waals surface area contributed by atoms with Gasteiger partial charge in [-0.2, -0.15) is 0 Å². The number of hydrogen-bond acceptors (Lipinski definition) is 5. The summed E-state index contributed by atoms with van der Waals surface area (Å²) in [5, 5.41) is 10.8. The number of rotatable bonds is 5. The summed E-state index contributed by atoms with van der Waals surface area (Å²) in [6, 6.07) is 9.51. The number of nitrogens with zero attached hydrogens (tertiary/aromatic N) is 1. The molecule has 1 atom stereocenters. The van der Waals surface area contributed by atoms with Crippen molar-refractivity contribution in [2.45, 2.75) is 19.9 Å². The van der Waals surface area contributed by atoms with Gasteiger partial charge in [0.05, 0.1) is 23.6 Å². The third-order valence-electron chi connectivity index (χ3n) is 5.05. The maximum atomic E-state index is 13.4. The van der Waals surface area contributed by atoms with Crippen molar-refractivity contribution in [3.05, 3.63) is 81.7 Å². The van der Waals surface area contributed by atoms with Crippen LogP contribution in [0.4, 0.5) is 0 Å². The minimum absolute atomic E-state index is 0.0339. The summed E-state index contributed by atoms with van der Waals surface area (Å²) in [5.74, 6) is -0.0495. The summed E-state index contributed by atoms with van der Waals surface area (Å²) >= 11 is 0. The van der Waals surface area contributed by atoms with Crippen molar-refractivity contribution in [2.24, 2.45) is 0 Å². The Kier molecular flexibility index (Phi) is 4.62. The number of phenols is 1. The number of ether oxygens (including phenoxy) is 1. The summed E-state index contributed by atoms with van der Waals surface area (Å²) in [7, 11) is 0. The van der Waals surface area contributed by atoms with Crippen LogP contribution in [0.25, 0.3) is 11.0 Å². The molecule has 6 nitrogen and oxygen atoms in total. The van der Waals surface area contributed by atoms with Gasteiger partial charge in [-0.15, -0.1) is 6.58 Å². The van der Waals surface area contributed by atoms with Crippen LogP contribution in [0, 0.1) is 6.92 Å². The van der Waals surface area contributed by atoms with Crippen molar-refractivity contribution in [1.29, 1.82) is 0 Å². The van der Waals surface area contributed by atoms with Gasteiger partial charge in [0.25, 0.3) is 5.91 Å². The maximum Gasteiger partial charge on any atom is 0.291 e. The molecule has 0 saturated carbocycles. The maximum absolute atomic E-state index is 13.4. The largest absolute Gasteiger partial charge is 0.504 e. The first-order chi connectivity index (χ1) is 14.0. The standard InChI is InChI=1S/C23H21NO5/c1-4-10-24-20(14-7-9-18(28-5-2)16(25)12-14)19-21(26)15-11-13(3)6-8-17(15)29-22(19)23(24)27/h4,6-9,11-12,20,25H,1,5,10H2,2-3H3. The number of aryl methyl sites for hydroxylation is 1. The van der Waals surface area contributed by atoms with Gasteiger partial charge in [0.2, 0.25) is 5.76 Å². The van der Waals surface area contributed by atoms with Crippen LogP contribution in [0.5, 0.6) is 11.5 Å². The number of hydrogen-bond donors (Lipinski definition) is 1. The second-order valence-corrected chi connectivity index (χ2v) is 6.98. The average molecular weight is 391 g/mol. The SMILES string of the molecule is C=CCN1C(=O)c2oc3ccc(C)cc3c(=O)c2C1c1ccc(OCC)c(O)c1. The summed E-state index contributed by atoms with van der Waals surface area (Å²) < 4.78 is 11.2. The summed E-state index contributed by atoms with van der Waals surface area (Å²) in [5.41, 5.74) is 1.93. The Labute approximate surface area is 167 Å². The van der Waals surface area contributed by atoms with Crippen molar-refractivity contribution in [1.82, 2.24) is 4.90 Å². The number of aromatic hydroxyl groups is 1. The molecule has 3 aromatic rings. The van der Waals surface area contributed by atoms with Crippen LogP contribution in [-0.2, 0) is 0 Å². The van der Waals surface area contributed by atoms with Gasteiger partial charge < -0.3 is 19.2 Å². The predicted octanol–water partition coefficient (Wildman–Crippen LogP) is 3.94. The molecule has 2 heterocycles. The van der Waals surface area contributed by atoms with E-state index in [2.05, 4.69) is 6.58 Å². The molecule has 0 saturated heterocycles. The highest BCUT2D eigenvalue weighted by atomic mass is 16.5. The van der Waals surface area contributed by atoms with Crippen LogP contribution in [0.1, 0.15) is 40.2 Å². The highest BCUT2D eigenvalue weighted by Crippen LogP contribution is 2.40. The molecule has 1 aliphatic rings. The van der Waals surface area contributed by atoms with E-state index in [1.165, 1.54) is 11.0 Å². The lowest BCUT2D eigenvalue weighted by Crippen LogP contribution is -2.29. The molecule has 0 fully saturated rings. The molecular formula is C23H21NO5. The average Bonchev–Trinajstić information content (AvgIpc) is 2.97. The molecule has 1 N–H and O–H groups in total. The van der Waals surface area contributed by atoms with Gasteiger partial charge >= 0.3 is 0 Å². The van der Waals surface area contributed by atoms with E-state index in [0.717, 1.165) is 5.56 Å². The fourth-order valence-corrected chi connectivity index (χ4v) is 3.79. The second-order valence-electron chi connectivity index (χ2n) is 6.98. The quantitative estimate of drug-likeness (QED) is 0.667. The smallest absolute Gasteiger partial charge is 0.291 e. The van der Waals surface area contributed by atoms with Crippen LogP contribution in [0.3, 0.4) is 0 Å². The molecule has 6 heteroatoms. The van der Waals surface area contributed by atoms with Crippen LogP contribution in [-0.4, -0.2) is 29.1 Å². The van der Waals surface area contributed by atoms with E-state index in [4.69, 9.17) is 9.15 Å². The number of fused-ring (bicyclic) bond motifs is 2. The topological polar surface area (TPSA) is 80.0 Å². The molecule has 0 radical (unpaired) electrons. The number of amides is 1. The Morgan fingerprint density at radius 3 is 2.72 bits per heavy atom. The Morgan fingerprint density at radius 2 is 2.03 bits per heavy atom. The second kappa shape index (κ2) is 7.13. The van der Waals surface area contributed by atoms with E-state index >= 15 is 0 Å². The van der Waals surface area contributed by atoms with Crippen LogP contribution >= 0.6 is 0 Å². The number of benzene rings is 2. The third-order valence-corrected chi connectivity index (χ3v) is 5.05. The van der Waals surface area contributed by atoms with Gasteiger partial charge in [-0.05, 0) is 43.7 Å². The Bertz CT molecular complexity index is 1190. The van der Waals surface area contributed by atoms with E-state index in [0.29, 0.717) is 28.9 Å². The van der Waals surface area contributed by atoms with E-state index < -0.39 is 6.04 Å². The van der Waals surface area contributed by atoms with Crippen LogP contribution in [0.2, 0.25) is 0 Å². The van der Waals surface area contributed by atoms with E-state index in [1.807, 2.05) is 19.9 Å². The molecule has 29 heavy (non-hydrogen) atoms. The molecular weight excluding hydrogens is 370 g/mol. The molecule has 0 bridgehead atoms. The molecule has 1 aliphatic heterocycles. The lowest BCUT2D eigenvalue weighted by atomic mass is 9.97. The normalized spacial score (nSPS) is 15.6. The van der Waals surface area contributed by atoms with Crippen molar-refractivity contribution < 1.29 is 19.1 Å². The number of carbonyl (C=O) groups is 1. The van der Waals surface area contributed by atoms with Gasteiger partial charge in [-0.3, -0.25) is 9.59 Å². The summed E-state index contributed by atoms with van der Waals surface area (Å²) in [4.78, 5) is 27.9. The van der Waals surface area contributed by atoms with E-state index in [1.54, 1.807) is 30.3 Å². The zero-order valence-electron chi connectivity index (χ0n) is 16.3. The first-order valence-corrected chi connectivity index (χ1v) is 9.41. The molecule has 0 aliphatic carbocycles. The fraction of sp³-hybridized carbons (Fsp3) is 0.217. The third kappa shape index (κ3) is 2.97. The van der Waals surface area contributed by atoms with Gasteiger partial charge in [-0.1, -0.05) is 23.8 Å². The number of carbonyl (C=O) groups excluding carboxylic acids is 1. The Morgan fingerprint density at radius 1 is 1.24 bits per heavy atom. The molecule has 1 amide bonds. The highest BCUT2D eigenvalue weighted by molar-refractivity contribution is 5.99. The number of phenolic OH excluding ortho intramolecular Hbond substituents is 1. The first kappa shape index (κ1) is 18.8. The molecule has 1 unspecified atom stereocenters. The monoisotopic (exact) mass is 391 g/mol. The lowest BCUT2D eigenvalue weighted by Gasteiger charge is -2.24. The molecule has 148 valence electrons.